The first-order valence-electron chi connectivity index (χ1n) is 9.09. The predicted molar refractivity (Wildman–Crippen MR) is 104 cm³/mol. The van der Waals surface area contributed by atoms with Gasteiger partial charge in [0.15, 0.2) is 5.78 Å². The number of nitrogens with zero attached hydrogens (tertiary/aromatic N) is 2. The molecule has 0 bridgehead atoms. The third-order valence-corrected chi connectivity index (χ3v) is 5.16. The lowest BCUT2D eigenvalue weighted by atomic mass is 9.82. The Kier molecular flexibility index (Phi) is 4.67. The van der Waals surface area contributed by atoms with Gasteiger partial charge < -0.3 is 4.98 Å². The number of hydrogen-bond acceptors (Lipinski definition) is 3. The van der Waals surface area contributed by atoms with Crippen molar-refractivity contribution in [1.29, 1.82) is 0 Å². The molecular formula is C22H20FN3O. The van der Waals surface area contributed by atoms with Crippen LogP contribution in [0.4, 0.5) is 4.39 Å². The van der Waals surface area contributed by atoms with Crippen LogP contribution in [0.25, 0.3) is 27.7 Å². The van der Waals surface area contributed by atoms with Crippen LogP contribution >= 0.6 is 0 Å². The fourth-order valence-electron chi connectivity index (χ4n) is 3.88. The number of pyridine rings is 2. The Morgan fingerprint density at radius 3 is 2.96 bits per heavy atom. The van der Waals surface area contributed by atoms with Gasteiger partial charge in [0.2, 0.25) is 5.95 Å². The molecule has 0 saturated heterocycles. The number of fused-ring (bicyclic) bond motifs is 1. The first-order chi connectivity index (χ1) is 13.2. The van der Waals surface area contributed by atoms with Crippen LogP contribution in [0.1, 0.15) is 31.2 Å². The molecule has 0 aromatic carbocycles. The van der Waals surface area contributed by atoms with Crippen LogP contribution < -0.4 is 0 Å². The number of allylic oxidation sites excluding steroid dienone is 3. The Morgan fingerprint density at radius 1 is 1.26 bits per heavy atom. The second-order valence-electron chi connectivity index (χ2n) is 6.88. The summed E-state index contributed by atoms with van der Waals surface area (Å²) in [5.41, 5.74) is 4.14. The number of hydrogen-bond donors (Lipinski definition) is 1. The van der Waals surface area contributed by atoms with Crippen molar-refractivity contribution >= 4 is 22.4 Å². The Labute approximate surface area is 156 Å². The fourth-order valence-corrected chi connectivity index (χ4v) is 3.88. The number of ketones is 1. The van der Waals surface area contributed by atoms with E-state index < -0.39 is 5.95 Å². The standard InChI is InChI=1S/C22H20FN3O/c1-2-16(27)12-14-5-3-6-15(11-14)17-8-10-25-22-20(17)19(13-26-22)18-7-4-9-24-21(18)23/h2,4,6-10,13-14H,1,3,5,11-12H2,(H,25,26). The molecule has 136 valence electrons. The predicted octanol–water partition coefficient (Wildman–Crippen LogP) is 5.09. The summed E-state index contributed by atoms with van der Waals surface area (Å²) >= 11 is 0. The van der Waals surface area contributed by atoms with Gasteiger partial charge in [-0.25, -0.2) is 9.97 Å². The van der Waals surface area contributed by atoms with Gasteiger partial charge in [0.25, 0.3) is 0 Å². The van der Waals surface area contributed by atoms with E-state index in [4.69, 9.17) is 0 Å². The van der Waals surface area contributed by atoms with Crippen LogP contribution in [0.3, 0.4) is 0 Å². The second-order valence-corrected chi connectivity index (χ2v) is 6.88. The van der Waals surface area contributed by atoms with Gasteiger partial charge in [0, 0.05) is 41.5 Å². The molecule has 3 heterocycles. The van der Waals surface area contributed by atoms with E-state index in [-0.39, 0.29) is 5.78 Å². The molecule has 0 aliphatic heterocycles. The van der Waals surface area contributed by atoms with Gasteiger partial charge in [-0.1, -0.05) is 12.7 Å². The summed E-state index contributed by atoms with van der Waals surface area (Å²) in [6.45, 7) is 3.57. The van der Waals surface area contributed by atoms with E-state index in [9.17, 15) is 9.18 Å². The maximum Gasteiger partial charge on any atom is 0.220 e. The molecule has 0 saturated carbocycles. The summed E-state index contributed by atoms with van der Waals surface area (Å²) in [5, 5.41) is 0.895. The summed E-state index contributed by atoms with van der Waals surface area (Å²) in [6.07, 6.45) is 11.9. The molecule has 0 spiro atoms. The van der Waals surface area contributed by atoms with E-state index in [2.05, 4.69) is 27.6 Å². The minimum Gasteiger partial charge on any atom is -0.345 e. The zero-order valence-corrected chi connectivity index (χ0v) is 14.9. The summed E-state index contributed by atoms with van der Waals surface area (Å²) in [4.78, 5) is 23.1. The first-order valence-corrected chi connectivity index (χ1v) is 9.09. The maximum absolute atomic E-state index is 14.3. The molecule has 3 aromatic heterocycles. The van der Waals surface area contributed by atoms with Crippen LogP contribution in [0.15, 0.2) is 55.5 Å². The molecule has 4 rings (SSSR count). The summed E-state index contributed by atoms with van der Waals surface area (Å²) in [7, 11) is 0. The number of halogens is 1. The molecule has 5 heteroatoms. The van der Waals surface area contributed by atoms with Gasteiger partial charge in [0.1, 0.15) is 5.65 Å². The monoisotopic (exact) mass is 361 g/mol. The molecule has 1 atom stereocenters. The Morgan fingerprint density at radius 2 is 2.15 bits per heavy atom. The van der Waals surface area contributed by atoms with Crippen LogP contribution in [-0.2, 0) is 4.79 Å². The zero-order valence-electron chi connectivity index (χ0n) is 14.9. The third-order valence-electron chi connectivity index (χ3n) is 5.16. The Balaban J connectivity index is 1.78. The second kappa shape index (κ2) is 7.27. The SMILES string of the molecule is C=CC(=O)CC1CCC=C(c2ccnc3[nH]cc(-c4cccnc4F)c23)C1. The number of aromatic nitrogens is 3. The van der Waals surface area contributed by atoms with Crippen molar-refractivity contribution in [2.45, 2.75) is 25.7 Å². The minimum absolute atomic E-state index is 0.0842. The lowest BCUT2D eigenvalue weighted by Crippen LogP contribution is -2.11. The quantitative estimate of drug-likeness (QED) is 0.508. The molecule has 1 unspecified atom stereocenters. The lowest BCUT2D eigenvalue weighted by molar-refractivity contribution is -0.115. The van der Waals surface area contributed by atoms with E-state index in [1.54, 1.807) is 24.5 Å². The van der Waals surface area contributed by atoms with Crippen molar-refractivity contribution < 1.29 is 9.18 Å². The van der Waals surface area contributed by atoms with Crippen LogP contribution in [0, 0.1) is 11.9 Å². The molecule has 1 aliphatic rings. The highest BCUT2D eigenvalue weighted by atomic mass is 19.1. The van der Waals surface area contributed by atoms with Crippen LogP contribution in [0.2, 0.25) is 0 Å². The van der Waals surface area contributed by atoms with E-state index in [1.165, 1.54) is 17.8 Å². The highest BCUT2D eigenvalue weighted by molar-refractivity contribution is 6.01. The smallest absolute Gasteiger partial charge is 0.220 e. The van der Waals surface area contributed by atoms with Crippen molar-refractivity contribution in [2.24, 2.45) is 5.92 Å². The molecule has 0 radical (unpaired) electrons. The molecular weight excluding hydrogens is 341 g/mol. The number of rotatable bonds is 5. The van der Waals surface area contributed by atoms with Gasteiger partial charge >= 0.3 is 0 Å². The van der Waals surface area contributed by atoms with E-state index in [1.807, 2.05) is 6.07 Å². The van der Waals surface area contributed by atoms with Crippen molar-refractivity contribution in [3.05, 3.63) is 67.0 Å². The molecule has 0 amide bonds. The fraction of sp³-hybridized carbons (Fsp3) is 0.227. The Hall–Kier alpha value is -3.08. The number of nitrogens with one attached hydrogen (secondary N) is 1. The number of carbonyl (C=O) groups excluding carboxylic acids is 1. The third kappa shape index (κ3) is 3.33. The van der Waals surface area contributed by atoms with Crippen molar-refractivity contribution in [1.82, 2.24) is 15.0 Å². The van der Waals surface area contributed by atoms with Gasteiger partial charge in [-0.05, 0) is 60.6 Å². The average molecular weight is 361 g/mol. The molecule has 1 N–H and O–H groups in total. The molecule has 27 heavy (non-hydrogen) atoms. The van der Waals surface area contributed by atoms with Crippen molar-refractivity contribution in [3.63, 3.8) is 0 Å². The van der Waals surface area contributed by atoms with Gasteiger partial charge in [-0.2, -0.15) is 4.39 Å². The minimum atomic E-state index is -0.500. The first kappa shape index (κ1) is 17.3. The van der Waals surface area contributed by atoms with Crippen LogP contribution in [-0.4, -0.2) is 20.7 Å². The van der Waals surface area contributed by atoms with Crippen molar-refractivity contribution in [3.8, 4) is 11.1 Å². The molecule has 0 fully saturated rings. The lowest BCUT2D eigenvalue weighted by Gasteiger charge is -2.22. The summed E-state index contributed by atoms with van der Waals surface area (Å²) in [6, 6.07) is 5.42. The number of carbonyl (C=O) groups is 1. The van der Waals surface area contributed by atoms with Gasteiger partial charge in [0.05, 0.1) is 0 Å². The van der Waals surface area contributed by atoms with Crippen LogP contribution in [0.5, 0.6) is 0 Å². The summed E-state index contributed by atoms with van der Waals surface area (Å²) < 4.78 is 14.3. The van der Waals surface area contributed by atoms with E-state index in [0.717, 1.165) is 41.4 Å². The van der Waals surface area contributed by atoms with Gasteiger partial charge in [-0.3, -0.25) is 4.79 Å². The number of H-pyrrole nitrogens is 1. The maximum atomic E-state index is 14.3. The molecule has 1 aliphatic carbocycles. The van der Waals surface area contributed by atoms with E-state index >= 15 is 0 Å². The highest BCUT2D eigenvalue weighted by Gasteiger charge is 2.22. The normalized spacial score (nSPS) is 16.9. The number of aromatic amines is 1. The Bertz CT molecular complexity index is 1050. The zero-order chi connectivity index (χ0) is 18.8. The average Bonchev–Trinajstić information content (AvgIpc) is 3.12. The molecule has 3 aromatic rings. The van der Waals surface area contributed by atoms with Crippen molar-refractivity contribution in [2.75, 3.05) is 0 Å². The highest BCUT2D eigenvalue weighted by Crippen LogP contribution is 2.39. The van der Waals surface area contributed by atoms with Gasteiger partial charge in [-0.15, -0.1) is 0 Å². The largest absolute Gasteiger partial charge is 0.345 e. The topological polar surface area (TPSA) is 58.6 Å². The van der Waals surface area contributed by atoms with E-state index in [0.29, 0.717) is 17.9 Å². The summed E-state index contributed by atoms with van der Waals surface area (Å²) in [5.74, 6) is -0.114. The molecule has 4 nitrogen and oxygen atoms in total.